The zero-order chi connectivity index (χ0) is 49.1. The van der Waals surface area contributed by atoms with E-state index in [2.05, 4.69) is 140 Å². The molecule has 334 valence electrons. The van der Waals surface area contributed by atoms with Gasteiger partial charge in [-0.25, -0.2) is 19.9 Å². The molecule has 12 aromatic carbocycles. The highest BCUT2D eigenvalue weighted by atomic mass is 32.1. The molecule has 0 aliphatic rings. The van der Waals surface area contributed by atoms with Gasteiger partial charge >= 0.3 is 0 Å². The van der Waals surface area contributed by atoms with E-state index >= 15 is 0 Å². The van der Waals surface area contributed by atoms with Gasteiger partial charge in [0.1, 0.15) is 35.4 Å². The lowest BCUT2D eigenvalue weighted by Crippen LogP contribution is -1.98. The smallest absolute Gasteiger partial charge is 0.177 e. The average molecular weight is 955 g/mol. The molecule has 74 heavy (non-hydrogen) atoms. The Balaban J connectivity index is 0.979. The van der Waals surface area contributed by atoms with Crippen molar-refractivity contribution in [3.8, 4) is 35.4 Å². The van der Waals surface area contributed by atoms with Gasteiger partial charge in [-0.05, 0) is 114 Å². The number of furan rings is 1. The van der Waals surface area contributed by atoms with Crippen LogP contribution in [0.5, 0.6) is 0 Å². The van der Waals surface area contributed by atoms with Crippen LogP contribution in [0.2, 0.25) is 0 Å². The molecular formula is C64H26N8OS. The lowest BCUT2D eigenvalue weighted by atomic mass is 9.88. The standard InChI is InChI=1S/C64H26N8OS/c65-27-49-51(29-67)71-63-59-38-14-5-2-10-34(38)33-9-1-4-13-37(33)57(59)45-25-54-43(23-47(45)61(63)69-49)42-22-32(18-20-53(42)73-54)31-17-19-40-41(21-31)35-11-3-6-15-39(35)60-58(40)46-26-56-44(36-12-7-8-16-55(36)74-56)24-48(46)62-64(60)72-52(30-68)50(28-66)70-62/h1-26H. The van der Waals surface area contributed by atoms with Gasteiger partial charge in [-0.1, -0.05) is 109 Å². The Kier molecular flexibility index (Phi) is 7.86. The minimum Gasteiger partial charge on any atom is -0.456 e. The minimum atomic E-state index is -0.0238. The van der Waals surface area contributed by atoms with Crippen molar-refractivity contribution in [2.45, 2.75) is 0 Å². The van der Waals surface area contributed by atoms with E-state index in [0.717, 1.165) is 129 Å². The van der Waals surface area contributed by atoms with Crippen molar-refractivity contribution in [1.82, 2.24) is 19.9 Å². The highest BCUT2D eigenvalue weighted by Crippen LogP contribution is 2.49. The van der Waals surface area contributed by atoms with E-state index in [1.165, 1.54) is 4.70 Å². The van der Waals surface area contributed by atoms with Gasteiger partial charge in [0.25, 0.3) is 0 Å². The summed E-state index contributed by atoms with van der Waals surface area (Å²) in [7, 11) is 0. The molecule has 16 rings (SSSR count). The molecule has 0 fully saturated rings. The van der Waals surface area contributed by atoms with Gasteiger partial charge in [0.2, 0.25) is 0 Å². The monoisotopic (exact) mass is 954 g/mol. The van der Waals surface area contributed by atoms with Crippen molar-refractivity contribution >= 4 is 162 Å². The van der Waals surface area contributed by atoms with E-state index in [-0.39, 0.29) is 22.8 Å². The van der Waals surface area contributed by atoms with Crippen molar-refractivity contribution in [3.63, 3.8) is 0 Å². The van der Waals surface area contributed by atoms with Crippen molar-refractivity contribution in [2.24, 2.45) is 0 Å². The zero-order valence-electron chi connectivity index (χ0n) is 38.4. The molecule has 0 radical (unpaired) electrons. The number of hydrogen-bond donors (Lipinski definition) is 0. The first kappa shape index (κ1) is 40.1. The van der Waals surface area contributed by atoms with Crippen LogP contribution in [0, 0.1) is 45.3 Å². The second-order valence-corrected chi connectivity index (χ2v) is 19.9. The van der Waals surface area contributed by atoms with E-state index in [0.29, 0.717) is 27.6 Å². The van der Waals surface area contributed by atoms with E-state index < -0.39 is 0 Å². The number of hydrogen-bond acceptors (Lipinski definition) is 10. The third-order valence-electron chi connectivity index (χ3n) is 15.2. The average Bonchev–Trinajstić information content (AvgIpc) is 4.03. The number of nitrogens with zero attached hydrogens (tertiary/aromatic N) is 8. The SMILES string of the molecule is N#Cc1nc2c3cc4c(cc3c3c5ccccc5c5ccccc5c3c2nc1C#N)oc1ccc(-c2ccc3c(c2)c2ccccc2c2c5nc(C#N)c(C#N)nc5c5cc6c(cc5c32)sc2ccccc26)cc14. The van der Waals surface area contributed by atoms with Crippen LogP contribution in [0.4, 0.5) is 0 Å². The molecule has 0 aliphatic carbocycles. The Morgan fingerprint density at radius 3 is 1.31 bits per heavy atom. The summed E-state index contributed by atoms with van der Waals surface area (Å²) in [5.74, 6) is 0. The maximum absolute atomic E-state index is 10.3. The number of fused-ring (bicyclic) bond motifs is 28. The first-order chi connectivity index (χ1) is 36.5. The first-order valence-corrected chi connectivity index (χ1v) is 24.7. The quantitative estimate of drug-likeness (QED) is 0.146. The second kappa shape index (κ2) is 14.5. The highest BCUT2D eigenvalue weighted by molar-refractivity contribution is 7.25. The number of benzene rings is 12. The predicted octanol–water partition coefficient (Wildman–Crippen LogP) is 16.2. The lowest BCUT2D eigenvalue weighted by molar-refractivity contribution is 0.669. The van der Waals surface area contributed by atoms with Crippen molar-refractivity contribution in [2.75, 3.05) is 0 Å². The van der Waals surface area contributed by atoms with Crippen LogP contribution in [0.1, 0.15) is 22.8 Å². The molecule has 4 heterocycles. The molecule has 16 aromatic rings. The minimum absolute atomic E-state index is 0.00131. The maximum Gasteiger partial charge on any atom is 0.177 e. The van der Waals surface area contributed by atoms with Gasteiger partial charge in [-0.15, -0.1) is 11.3 Å². The number of thiophene rings is 1. The second-order valence-electron chi connectivity index (χ2n) is 18.8. The van der Waals surface area contributed by atoms with E-state index in [4.69, 9.17) is 24.4 Å². The molecular weight excluding hydrogens is 929 g/mol. The third-order valence-corrected chi connectivity index (χ3v) is 16.3. The molecule has 0 aliphatic heterocycles. The van der Waals surface area contributed by atoms with E-state index in [1.807, 2.05) is 42.5 Å². The molecule has 0 amide bonds. The van der Waals surface area contributed by atoms with Crippen LogP contribution in [0.25, 0.3) is 161 Å². The third kappa shape index (κ3) is 5.20. The van der Waals surface area contributed by atoms with Gasteiger partial charge < -0.3 is 4.42 Å². The van der Waals surface area contributed by atoms with E-state index in [1.54, 1.807) is 11.3 Å². The summed E-state index contributed by atoms with van der Waals surface area (Å²) in [6.07, 6.45) is 0. The molecule has 4 aromatic heterocycles. The largest absolute Gasteiger partial charge is 0.456 e. The van der Waals surface area contributed by atoms with Crippen molar-refractivity contribution < 1.29 is 4.42 Å². The van der Waals surface area contributed by atoms with Crippen molar-refractivity contribution in [3.05, 3.63) is 181 Å². The Bertz CT molecular complexity index is 5570. The van der Waals surface area contributed by atoms with Crippen LogP contribution in [0.15, 0.2) is 162 Å². The van der Waals surface area contributed by atoms with Crippen LogP contribution < -0.4 is 0 Å². The molecule has 0 spiro atoms. The van der Waals surface area contributed by atoms with Crippen LogP contribution in [-0.2, 0) is 0 Å². The maximum atomic E-state index is 10.3. The number of aromatic nitrogens is 4. The fourth-order valence-electron chi connectivity index (χ4n) is 12.0. The van der Waals surface area contributed by atoms with Crippen LogP contribution in [-0.4, -0.2) is 19.9 Å². The summed E-state index contributed by atoms with van der Waals surface area (Å²) < 4.78 is 9.06. The molecule has 0 saturated heterocycles. The normalized spacial score (nSPS) is 12.0. The fourth-order valence-corrected chi connectivity index (χ4v) is 13.2. The lowest BCUT2D eigenvalue weighted by Gasteiger charge is -2.17. The van der Waals surface area contributed by atoms with Gasteiger partial charge in [-0.3, -0.25) is 0 Å². The summed E-state index contributed by atoms with van der Waals surface area (Å²) in [6, 6.07) is 63.4. The highest BCUT2D eigenvalue weighted by Gasteiger charge is 2.24. The van der Waals surface area contributed by atoms with Crippen LogP contribution in [0.3, 0.4) is 0 Å². The summed E-state index contributed by atoms with van der Waals surface area (Å²) in [6.45, 7) is 0. The first-order valence-electron chi connectivity index (χ1n) is 23.8. The molecule has 0 unspecified atom stereocenters. The van der Waals surface area contributed by atoms with Gasteiger partial charge in [0.05, 0.1) is 22.1 Å². The Hall–Kier alpha value is -10.6. The molecule has 0 atom stereocenters. The number of rotatable bonds is 1. The summed E-state index contributed by atoms with van der Waals surface area (Å²) in [5.41, 5.74) is 5.64. The molecule has 9 nitrogen and oxygen atoms in total. The van der Waals surface area contributed by atoms with E-state index in [9.17, 15) is 21.0 Å². The topological polar surface area (TPSA) is 160 Å². The molecule has 0 bridgehead atoms. The molecule has 10 heteroatoms. The van der Waals surface area contributed by atoms with Gasteiger partial charge in [0, 0.05) is 63.3 Å². The van der Waals surface area contributed by atoms with Gasteiger partial charge in [-0.2, -0.15) is 21.0 Å². The Morgan fingerprint density at radius 2 is 0.730 bits per heavy atom. The summed E-state index contributed by atoms with van der Waals surface area (Å²) in [4.78, 5) is 19.7. The summed E-state index contributed by atoms with van der Waals surface area (Å²) >= 11 is 1.75. The zero-order valence-corrected chi connectivity index (χ0v) is 39.2. The van der Waals surface area contributed by atoms with Crippen LogP contribution >= 0.6 is 11.3 Å². The number of nitriles is 4. The van der Waals surface area contributed by atoms with Crippen molar-refractivity contribution in [1.29, 1.82) is 21.0 Å². The van der Waals surface area contributed by atoms with Gasteiger partial charge in [0.15, 0.2) is 22.8 Å². The summed E-state index contributed by atoms with van der Waals surface area (Å²) in [5, 5.41) is 60.5. The Morgan fingerprint density at radius 1 is 0.297 bits per heavy atom. The molecule has 0 saturated carbocycles. The fraction of sp³-hybridized carbons (Fsp3) is 0. The molecule has 0 N–H and O–H groups in total. The Labute approximate surface area is 420 Å². The predicted molar refractivity (Wildman–Crippen MR) is 297 cm³/mol.